The van der Waals surface area contributed by atoms with Crippen molar-refractivity contribution in [3.05, 3.63) is 41.8 Å². The number of pyridine rings is 1. The Bertz CT molecular complexity index is 500. The summed E-state index contributed by atoms with van der Waals surface area (Å²) in [6.45, 7) is 0. The number of fused-ring (bicyclic) bond motifs is 1. The van der Waals surface area contributed by atoms with E-state index < -0.39 is 5.82 Å². The summed E-state index contributed by atoms with van der Waals surface area (Å²) in [5.41, 5.74) is 0.808. The van der Waals surface area contributed by atoms with Gasteiger partial charge in [-0.05, 0) is 24.3 Å². The molecule has 0 saturated heterocycles. The third-order valence-electron chi connectivity index (χ3n) is 1.80. The summed E-state index contributed by atoms with van der Waals surface area (Å²) in [6, 6.07) is 7.96. The minimum absolute atomic E-state index is 0.295. The molecule has 2 nitrogen and oxygen atoms in total. The Morgan fingerprint density at radius 1 is 1.38 bits per heavy atom. The average Bonchev–Trinajstić information content (AvgIpc) is 2.18. The maximum atomic E-state index is 13.2. The first-order chi connectivity index (χ1) is 6.31. The van der Waals surface area contributed by atoms with E-state index in [0.29, 0.717) is 16.5 Å². The first kappa shape index (κ1) is 7.69. The normalized spacial score (nSPS) is 9.85. The zero-order chi connectivity index (χ0) is 9.26. The molecule has 13 heavy (non-hydrogen) atoms. The Morgan fingerprint density at radius 2 is 2.23 bits per heavy atom. The molecule has 0 fully saturated rings. The Balaban J connectivity index is 2.86. The van der Waals surface area contributed by atoms with Crippen LogP contribution in [0.5, 0.6) is 0 Å². The van der Waals surface area contributed by atoms with Crippen LogP contribution in [0.1, 0.15) is 5.56 Å². The van der Waals surface area contributed by atoms with Gasteiger partial charge in [0.2, 0.25) is 0 Å². The van der Waals surface area contributed by atoms with Gasteiger partial charge in [0.25, 0.3) is 0 Å². The quantitative estimate of drug-likeness (QED) is 0.611. The molecule has 0 unspecified atom stereocenters. The van der Waals surface area contributed by atoms with E-state index in [1.807, 2.05) is 6.07 Å². The van der Waals surface area contributed by atoms with Crippen LogP contribution in [-0.2, 0) is 0 Å². The maximum absolute atomic E-state index is 13.2. The standard InChI is InChI=1S/C10H5FN2/c11-9-4-7(6-12)5-10-8(9)2-1-3-13-10/h1-5H. The highest BCUT2D eigenvalue weighted by molar-refractivity contribution is 5.80. The lowest BCUT2D eigenvalue weighted by Crippen LogP contribution is -1.85. The molecule has 2 rings (SSSR count). The number of halogens is 1. The predicted molar refractivity (Wildman–Crippen MR) is 46.4 cm³/mol. The summed E-state index contributed by atoms with van der Waals surface area (Å²) in [4.78, 5) is 3.96. The van der Waals surface area contributed by atoms with E-state index in [1.54, 1.807) is 24.4 Å². The summed E-state index contributed by atoms with van der Waals surface area (Å²) in [5.74, 6) is -0.401. The number of rotatable bonds is 0. The van der Waals surface area contributed by atoms with Crippen molar-refractivity contribution in [2.24, 2.45) is 0 Å². The minimum Gasteiger partial charge on any atom is -0.256 e. The highest BCUT2D eigenvalue weighted by Gasteiger charge is 2.02. The summed E-state index contributed by atoms with van der Waals surface area (Å²) in [7, 11) is 0. The molecule has 0 spiro atoms. The fourth-order valence-electron chi connectivity index (χ4n) is 1.20. The molecule has 0 aliphatic rings. The van der Waals surface area contributed by atoms with Gasteiger partial charge in [-0.25, -0.2) is 4.39 Å². The Labute approximate surface area is 74.3 Å². The van der Waals surface area contributed by atoms with Gasteiger partial charge in [0.1, 0.15) is 5.82 Å². The van der Waals surface area contributed by atoms with Crippen LogP contribution >= 0.6 is 0 Å². The van der Waals surface area contributed by atoms with Gasteiger partial charge in [-0.1, -0.05) is 0 Å². The van der Waals surface area contributed by atoms with E-state index in [4.69, 9.17) is 5.26 Å². The molecule has 0 N–H and O–H groups in total. The second-order valence-electron chi connectivity index (χ2n) is 2.64. The molecule has 2 aromatic rings. The molecular weight excluding hydrogens is 167 g/mol. The van der Waals surface area contributed by atoms with Crippen molar-refractivity contribution >= 4 is 10.9 Å². The molecule has 0 aliphatic carbocycles. The summed E-state index contributed by atoms with van der Waals surface area (Å²) >= 11 is 0. The van der Waals surface area contributed by atoms with E-state index in [2.05, 4.69) is 4.98 Å². The van der Waals surface area contributed by atoms with Crippen molar-refractivity contribution in [2.75, 3.05) is 0 Å². The molecule has 1 aromatic carbocycles. The minimum atomic E-state index is -0.401. The first-order valence-electron chi connectivity index (χ1n) is 3.75. The number of hydrogen-bond donors (Lipinski definition) is 0. The van der Waals surface area contributed by atoms with Gasteiger partial charge in [0.15, 0.2) is 0 Å². The Kier molecular flexibility index (Phi) is 1.67. The van der Waals surface area contributed by atoms with Gasteiger partial charge in [0.05, 0.1) is 17.1 Å². The molecule has 1 aromatic heterocycles. The molecule has 3 heteroatoms. The molecule has 0 bridgehead atoms. The third-order valence-corrected chi connectivity index (χ3v) is 1.80. The van der Waals surface area contributed by atoms with Crippen molar-refractivity contribution in [1.82, 2.24) is 4.98 Å². The summed E-state index contributed by atoms with van der Waals surface area (Å²) in [6.07, 6.45) is 1.57. The molecule has 0 atom stereocenters. The fraction of sp³-hybridized carbons (Fsp3) is 0. The van der Waals surface area contributed by atoms with Crippen LogP contribution in [0.3, 0.4) is 0 Å². The fourth-order valence-corrected chi connectivity index (χ4v) is 1.20. The second-order valence-corrected chi connectivity index (χ2v) is 2.64. The lowest BCUT2D eigenvalue weighted by Gasteiger charge is -1.97. The molecule has 0 amide bonds. The van der Waals surface area contributed by atoms with Crippen LogP contribution in [0.4, 0.5) is 4.39 Å². The average molecular weight is 172 g/mol. The van der Waals surface area contributed by atoms with Crippen LogP contribution in [0.15, 0.2) is 30.5 Å². The number of nitrogens with zero attached hydrogens (tertiary/aromatic N) is 2. The molecular formula is C10H5FN2. The van der Waals surface area contributed by atoms with Crippen molar-refractivity contribution in [2.45, 2.75) is 0 Å². The highest BCUT2D eigenvalue weighted by Crippen LogP contribution is 2.16. The highest BCUT2D eigenvalue weighted by atomic mass is 19.1. The summed E-state index contributed by atoms with van der Waals surface area (Å²) < 4.78 is 13.2. The lowest BCUT2D eigenvalue weighted by molar-refractivity contribution is 0.639. The smallest absolute Gasteiger partial charge is 0.133 e. The maximum Gasteiger partial charge on any atom is 0.133 e. The molecule has 0 aliphatic heterocycles. The summed E-state index contributed by atoms with van der Waals surface area (Å²) in [5, 5.41) is 9.02. The molecule has 62 valence electrons. The van der Waals surface area contributed by atoms with Crippen molar-refractivity contribution in [3.8, 4) is 6.07 Å². The number of nitriles is 1. The Morgan fingerprint density at radius 3 is 3.00 bits per heavy atom. The number of aromatic nitrogens is 1. The van der Waals surface area contributed by atoms with Crippen molar-refractivity contribution in [3.63, 3.8) is 0 Å². The van der Waals surface area contributed by atoms with E-state index in [9.17, 15) is 4.39 Å². The van der Waals surface area contributed by atoms with Gasteiger partial charge in [-0.2, -0.15) is 5.26 Å². The van der Waals surface area contributed by atoms with Gasteiger partial charge in [-0.15, -0.1) is 0 Å². The van der Waals surface area contributed by atoms with E-state index >= 15 is 0 Å². The van der Waals surface area contributed by atoms with Crippen LogP contribution in [0.2, 0.25) is 0 Å². The molecule has 1 heterocycles. The van der Waals surface area contributed by atoms with Crippen molar-refractivity contribution < 1.29 is 4.39 Å². The zero-order valence-corrected chi connectivity index (χ0v) is 6.66. The number of hydrogen-bond acceptors (Lipinski definition) is 2. The first-order valence-corrected chi connectivity index (χ1v) is 3.75. The van der Waals surface area contributed by atoms with Gasteiger partial charge in [0, 0.05) is 11.6 Å². The monoisotopic (exact) mass is 172 g/mol. The molecule has 0 radical (unpaired) electrons. The number of benzene rings is 1. The van der Waals surface area contributed by atoms with Gasteiger partial charge < -0.3 is 0 Å². The van der Waals surface area contributed by atoms with Crippen molar-refractivity contribution in [1.29, 1.82) is 5.26 Å². The van der Waals surface area contributed by atoms with Gasteiger partial charge in [-0.3, -0.25) is 4.98 Å². The van der Waals surface area contributed by atoms with E-state index in [-0.39, 0.29) is 0 Å². The predicted octanol–water partition coefficient (Wildman–Crippen LogP) is 2.25. The third kappa shape index (κ3) is 1.23. The van der Waals surface area contributed by atoms with Crippen LogP contribution in [0.25, 0.3) is 10.9 Å². The van der Waals surface area contributed by atoms with Crippen LogP contribution in [-0.4, -0.2) is 4.98 Å². The lowest BCUT2D eigenvalue weighted by atomic mass is 10.1. The van der Waals surface area contributed by atoms with Crippen LogP contribution in [0, 0.1) is 17.1 Å². The largest absolute Gasteiger partial charge is 0.256 e. The Hall–Kier alpha value is -1.95. The van der Waals surface area contributed by atoms with E-state index in [1.165, 1.54) is 6.07 Å². The van der Waals surface area contributed by atoms with Gasteiger partial charge >= 0.3 is 0 Å². The SMILES string of the molecule is N#Cc1cc(F)c2cccnc2c1. The topological polar surface area (TPSA) is 36.7 Å². The van der Waals surface area contributed by atoms with E-state index in [0.717, 1.165) is 0 Å². The second kappa shape index (κ2) is 2.83. The van der Waals surface area contributed by atoms with Crippen LogP contribution < -0.4 is 0 Å². The zero-order valence-electron chi connectivity index (χ0n) is 6.66. The molecule has 0 saturated carbocycles.